The molecule has 0 aliphatic heterocycles. The van der Waals surface area contributed by atoms with Gasteiger partial charge in [-0.25, -0.2) is 22.9 Å². The van der Waals surface area contributed by atoms with Crippen LogP contribution < -0.4 is 5.32 Å². The molecule has 37 heavy (non-hydrogen) atoms. The second kappa shape index (κ2) is 8.88. The Morgan fingerprint density at radius 1 is 1.19 bits per heavy atom. The van der Waals surface area contributed by atoms with Crippen LogP contribution in [-0.2, 0) is 9.84 Å². The molecule has 4 aromatic rings. The molecule has 0 bridgehead atoms. The van der Waals surface area contributed by atoms with Gasteiger partial charge in [0.1, 0.15) is 16.7 Å². The highest BCUT2D eigenvalue weighted by Gasteiger charge is 2.51. The first-order chi connectivity index (χ1) is 17.6. The summed E-state index contributed by atoms with van der Waals surface area (Å²) in [6.07, 6.45) is 11.0. The molecule has 0 atom stereocenters. The van der Waals surface area contributed by atoms with Crippen molar-refractivity contribution in [3.05, 3.63) is 34.2 Å². The minimum absolute atomic E-state index is 0.328. The Labute approximate surface area is 222 Å². The van der Waals surface area contributed by atoms with E-state index in [1.165, 1.54) is 22.4 Å². The third-order valence-corrected chi connectivity index (χ3v) is 12.0. The van der Waals surface area contributed by atoms with E-state index in [4.69, 9.17) is 4.98 Å². The third-order valence-electron chi connectivity index (χ3n) is 8.76. The molecule has 0 aromatic carbocycles. The van der Waals surface area contributed by atoms with E-state index in [1.807, 2.05) is 4.52 Å². The maximum Gasteiger partial charge on any atom is 0.158 e. The molecule has 0 spiro atoms. The summed E-state index contributed by atoms with van der Waals surface area (Å²) in [5.74, 6) is 0.793. The normalized spacial score (nSPS) is 21.9. The lowest BCUT2D eigenvalue weighted by atomic mass is 9.86. The first kappa shape index (κ1) is 25.0. The number of pyridine rings is 1. The molecule has 4 aromatic heterocycles. The third kappa shape index (κ3) is 4.21. The van der Waals surface area contributed by atoms with Crippen molar-refractivity contribution in [2.24, 2.45) is 0 Å². The molecule has 198 valence electrons. The highest BCUT2D eigenvalue weighted by atomic mass is 32.2. The fourth-order valence-corrected chi connectivity index (χ4v) is 8.34. The zero-order chi connectivity index (χ0) is 26.1. The number of aryl methyl sites for hydroxylation is 1. The van der Waals surface area contributed by atoms with E-state index in [0.717, 1.165) is 71.3 Å². The second-order valence-corrected chi connectivity index (χ2v) is 14.9. The van der Waals surface area contributed by atoms with Gasteiger partial charge in [0.25, 0.3) is 0 Å². The molecule has 0 amide bonds. The van der Waals surface area contributed by atoms with Gasteiger partial charge in [-0.05, 0) is 69.4 Å². The van der Waals surface area contributed by atoms with Crippen molar-refractivity contribution >= 4 is 37.2 Å². The predicted octanol–water partition coefficient (Wildman–Crippen LogP) is 5.27. The van der Waals surface area contributed by atoms with Crippen LogP contribution in [0.15, 0.2) is 12.5 Å². The van der Waals surface area contributed by atoms with Crippen LogP contribution in [0.5, 0.6) is 0 Å². The van der Waals surface area contributed by atoms with Gasteiger partial charge in [0.15, 0.2) is 15.5 Å². The molecule has 0 saturated heterocycles. The molecular weight excluding hydrogens is 504 g/mol. The highest BCUT2D eigenvalue weighted by Crippen LogP contribution is 2.44. The van der Waals surface area contributed by atoms with E-state index < -0.39 is 14.6 Å². The van der Waals surface area contributed by atoms with Gasteiger partial charge in [-0.2, -0.15) is 5.10 Å². The van der Waals surface area contributed by atoms with Gasteiger partial charge in [-0.15, -0.1) is 11.3 Å². The summed E-state index contributed by atoms with van der Waals surface area (Å²) < 4.78 is 25.6. The van der Waals surface area contributed by atoms with Gasteiger partial charge in [0, 0.05) is 42.1 Å². The summed E-state index contributed by atoms with van der Waals surface area (Å²) in [4.78, 5) is 14.5. The van der Waals surface area contributed by atoms with Crippen LogP contribution in [0.4, 0.5) is 0 Å². The number of thiazole rings is 1. The molecule has 0 unspecified atom stereocenters. The standard InChI is InChI=1S/C27H36N6O2S2/c1-15(2)21-22(20-12-33-24(29-14-30-33)17(4)16(20)3)31-26-23(21)32-25(36-26)18-6-8-19(9-7-18)28-13-27(10-11-27)37(5,34)35/h12,14-15,18-19,28,31H,6-11,13H2,1-5H3. The maximum atomic E-state index is 12.1. The van der Waals surface area contributed by atoms with Crippen molar-refractivity contribution in [1.82, 2.24) is 29.9 Å². The average Bonchev–Trinajstić information content (AvgIpc) is 3.17. The lowest BCUT2D eigenvalue weighted by molar-refractivity contribution is 0.341. The molecule has 2 saturated carbocycles. The molecule has 0 radical (unpaired) electrons. The van der Waals surface area contributed by atoms with Gasteiger partial charge in [0.2, 0.25) is 0 Å². The Bertz CT molecular complexity index is 1580. The number of hydrogen-bond acceptors (Lipinski definition) is 7. The number of nitrogens with zero attached hydrogens (tertiary/aromatic N) is 4. The van der Waals surface area contributed by atoms with Crippen LogP contribution in [-0.4, -0.2) is 56.6 Å². The molecule has 10 heteroatoms. The highest BCUT2D eigenvalue weighted by molar-refractivity contribution is 7.92. The number of sulfone groups is 1. The zero-order valence-corrected chi connectivity index (χ0v) is 23.9. The Kier molecular flexibility index (Phi) is 6.00. The Balaban J connectivity index is 1.23. The molecule has 8 nitrogen and oxygen atoms in total. The Morgan fingerprint density at radius 3 is 2.57 bits per heavy atom. The van der Waals surface area contributed by atoms with Crippen molar-refractivity contribution in [3.63, 3.8) is 0 Å². The van der Waals surface area contributed by atoms with Gasteiger partial charge < -0.3 is 10.3 Å². The second-order valence-electron chi connectivity index (χ2n) is 11.5. The summed E-state index contributed by atoms with van der Waals surface area (Å²) >= 11 is 1.80. The van der Waals surface area contributed by atoms with Crippen molar-refractivity contribution in [3.8, 4) is 11.3 Å². The molecule has 2 aliphatic carbocycles. The minimum Gasteiger partial charge on any atom is -0.345 e. The van der Waals surface area contributed by atoms with Crippen LogP contribution in [0.2, 0.25) is 0 Å². The number of fused-ring (bicyclic) bond motifs is 2. The molecule has 4 heterocycles. The van der Waals surface area contributed by atoms with Crippen LogP contribution in [0.1, 0.15) is 85.9 Å². The fourth-order valence-electron chi connectivity index (χ4n) is 6.00. The van der Waals surface area contributed by atoms with E-state index in [1.54, 1.807) is 17.7 Å². The topological polar surface area (TPSA) is 105 Å². The van der Waals surface area contributed by atoms with Gasteiger partial charge in [0.05, 0.1) is 15.4 Å². The first-order valence-electron chi connectivity index (χ1n) is 13.3. The Morgan fingerprint density at radius 2 is 1.92 bits per heavy atom. The van der Waals surface area contributed by atoms with Crippen LogP contribution in [0.3, 0.4) is 0 Å². The smallest absolute Gasteiger partial charge is 0.158 e. The summed E-state index contributed by atoms with van der Waals surface area (Å²) in [6, 6.07) is 0.399. The number of nitrogens with one attached hydrogen (secondary N) is 2. The summed E-state index contributed by atoms with van der Waals surface area (Å²) in [6.45, 7) is 9.34. The van der Waals surface area contributed by atoms with E-state index in [9.17, 15) is 8.42 Å². The number of hydrogen-bond donors (Lipinski definition) is 2. The largest absolute Gasteiger partial charge is 0.345 e. The van der Waals surface area contributed by atoms with Crippen molar-refractivity contribution in [1.29, 1.82) is 0 Å². The van der Waals surface area contributed by atoms with Gasteiger partial charge in [-0.1, -0.05) is 13.8 Å². The molecular formula is C27H36N6O2S2. The maximum absolute atomic E-state index is 12.1. The van der Waals surface area contributed by atoms with Crippen molar-refractivity contribution in [2.75, 3.05) is 12.8 Å². The predicted molar refractivity (Wildman–Crippen MR) is 149 cm³/mol. The van der Waals surface area contributed by atoms with E-state index in [2.05, 4.69) is 54.3 Å². The van der Waals surface area contributed by atoms with Crippen molar-refractivity contribution in [2.45, 2.75) is 88.8 Å². The lowest BCUT2D eigenvalue weighted by Gasteiger charge is -2.29. The van der Waals surface area contributed by atoms with Gasteiger partial charge >= 0.3 is 0 Å². The van der Waals surface area contributed by atoms with E-state index in [-0.39, 0.29) is 0 Å². The lowest BCUT2D eigenvalue weighted by Crippen LogP contribution is -2.41. The Hall–Kier alpha value is -2.30. The molecule has 2 aliphatic rings. The molecule has 6 rings (SSSR count). The molecule has 2 fully saturated rings. The summed E-state index contributed by atoms with van der Waals surface area (Å²) in [5.41, 5.74) is 7.92. The van der Waals surface area contributed by atoms with E-state index in [0.29, 0.717) is 24.4 Å². The number of aromatic amines is 1. The number of aromatic nitrogens is 5. The monoisotopic (exact) mass is 540 g/mol. The van der Waals surface area contributed by atoms with Crippen LogP contribution in [0.25, 0.3) is 27.3 Å². The minimum atomic E-state index is -2.98. The average molecular weight is 541 g/mol. The molecule has 2 N–H and O–H groups in total. The fraction of sp³-hybridized carbons (Fsp3) is 0.593. The summed E-state index contributed by atoms with van der Waals surface area (Å²) in [7, 11) is -2.98. The number of H-pyrrole nitrogens is 1. The van der Waals surface area contributed by atoms with E-state index >= 15 is 0 Å². The zero-order valence-electron chi connectivity index (χ0n) is 22.3. The first-order valence-corrected chi connectivity index (χ1v) is 16.0. The quantitative estimate of drug-likeness (QED) is 0.331. The number of rotatable bonds is 7. The summed E-state index contributed by atoms with van der Waals surface area (Å²) in [5, 5.41) is 9.20. The van der Waals surface area contributed by atoms with Gasteiger partial charge in [-0.3, -0.25) is 0 Å². The SMILES string of the molecule is Cc1c(-c2[nH]c3sc(C4CCC(NCC5(S(C)(=O)=O)CC5)CC4)nc3c2C(C)C)cn2ncnc2c1C. The van der Waals surface area contributed by atoms with Crippen LogP contribution in [0, 0.1) is 13.8 Å². The van der Waals surface area contributed by atoms with Crippen LogP contribution >= 0.6 is 11.3 Å². The van der Waals surface area contributed by atoms with Crippen molar-refractivity contribution < 1.29 is 8.42 Å².